The lowest BCUT2D eigenvalue weighted by atomic mass is 9.75. The van der Waals surface area contributed by atoms with Gasteiger partial charge in [-0.05, 0) is 32.3 Å². The summed E-state index contributed by atoms with van der Waals surface area (Å²) in [6, 6.07) is 7.64. The van der Waals surface area contributed by atoms with Crippen LogP contribution < -0.4 is 15.8 Å². The molecule has 1 fully saturated rings. The Morgan fingerprint density at radius 3 is 2.74 bits per heavy atom. The van der Waals surface area contributed by atoms with E-state index in [-0.39, 0.29) is 17.5 Å². The molecule has 4 heteroatoms. The monoisotopic (exact) mass is 262 g/mol. The molecule has 1 aromatic rings. The summed E-state index contributed by atoms with van der Waals surface area (Å²) in [5.74, 6) is 0.807. The Kier molecular flexibility index (Phi) is 4.10. The minimum Gasteiger partial charge on any atom is -0.496 e. The standard InChI is InChI=1S/C15H22N2O2/c1-11(12-6-3-4-7-13(12)19-2)17-14(18)10-15(16)8-5-9-15/h3-4,6-7,11H,5,8-10,16H2,1-2H3,(H,17,18)/t11-/m0/s1. The van der Waals surface area contributed by atoms with E-state index in [0.29, 0.717) is 6.42 Å². The van der Waals surface area contributed by atoms with Crippen molar-refractivity contribution in [3.63, 3.8) is 0 Å². The zero-order valence-electron chi connectivity index (χ0n) is 11.6. The number of nitrogens with one attached hydrogen (secondary N) is 1. The van der Waals surface area contributed by atoms with Crippen LogP contribution in [0.2, 0.25) is 0 Å². The number of nitrogens with two attached hydrogens (primary N) is 1. The van der Waals surface area contributed by atoms with Crippen LogP contribution in [0.25, 0.3) is 0 Å². The first-order chi connectivity index (χ1) is 9.04. The summed E-state index contributed by atoms with van der Waals surface area (Å²) < 4.78 is 5.31. The lowest BCUT2D eigenvalue weighted by molar-refractivity contribution is -0.123. The van der Waals surface area contributed by atoms with Crippen molar-refractivity contribution in [1.29, 1.82) is 0 Å². The van der Waals surface area contributed by atoms with E-state index < -0.39 is 0 Å². The summed E-state index contributed by atoms with van der Waals surface area (Å²) in [6.07, 6.45) is 3.44. The molecule has 1 aromatic carbocycles. The average Bonchev–Trinajstić information content (AvgIpc) is 2.36. The van der Waals surface area contributed by atoms with Gasteiger partial charge in [0, 0.05) is 17.5 Å². The Hall–Kier alpha value is -1.55. The molecule has 0 saturated heterocycles. The number of para-hydroxylation sites is 1. The molecule has 0 radical (unpaired) electrons. The summed E-state index contributed by atoms with van der Waals surface area (Å²) in [5, 5.41) is 3.00. The number of carbonyl (C=O) groups is 1. The molecule has 2 rings (SSSR count). The highest BCUT2D eigenvalue weighted by Crippen LogP contribution is 2.32. The topological polar surface area (TPSA) is 64.3 Å². The highest BCUT2D eigenvalue weighted by atomic mass is 16.5. The summed E-state index contributed by atoms with van der Waals surface area (Å²) in [4.78, 5) is 12.0. The Morgan fingerprint density at radius 2 is 2.16 bits per heavy atom. The summed E-state index contributed by atoms with van der Waals surface area (Å²) in [7, 11) is 1.64. The van der Waals surface area contributed by atoms with Gasteiger partial charge in [0.1, 0.15) is 5.75 Å². The van der Waals surface area contributed by atoms with E-state index >= 15 is 0 Å². The third-order valence-electron chi connectivity index (χ3n) is 3.84. The molecule has 1 aliphatic carbocycles. The van der Waals surface area contributed by atoms with Crippen molar-refractivity contribution in [2.45, 2.75) is 44.2 Å². The Balaban J connectivity index is 1.96. The normalized spacial score (nSPS) is 18.3. The first-order valence-corrected chi connectivity index (χ1v) is 6.75. The molecule has 1 saturated carbocycles. The molecule has 0 unspecified atom stereocenters. The molecule has 3 N–H and O–H groups in total. The van der Waals surface area contributed by atoms with Crippen LogP contribution >= 0.6 is 0 Å². The zero-order valence-corrected chi connectivity index (χ0v) is 11.6. The quantitative estimate of drug-likeness (QED) is 0.854. The van der Waals surface area contributed by atoms with Gasteiger partial charge in [0.25, 0.3) is 0 Å². The first kappa shape index (κ1) is 13.9. The molecule has 104 valence electrons. The lowest BCUT2D eigenvalue weighted by Gasteiger charge is -2.37. The largest absolute Gasteiger partial charge is 0.496 e. The van der Waals surface area contributed by atoms with Crippen molar-refractivity contribution >= 4 is 5.91 Å². The smallest absolute Gasteiger partial charge is 0.222 e. The SMILES string of the molecule is COc1ccccc1[C@H](C)NC(=O)CC1(N)CCC1. The zero-order chi connectivity index (χ0) is 13.9. The van der Waals surface area contributed by atoms with Gasteiger partial charge in [-0.1, -0.05) is 18.2 Å². The predicted molar refractivity (Wildman–Crippen MR) is 74.9 cm³/mol. The van der Waals surface area contributed by atoms with Crippen molar-refractivity contribution in [1.82, 2.24) is 5.32 Å². The number of benzene rings is 1. The van der Waals surface area contributed by atoms with Gasteiger partial charge < -0.3 is 15.8 Å². The third kappa shape index (κ3) is 3.26. The van der Waals surface area contributed by atoms with Crippen molar-refractivity contribution in [3.8, 4) is 5.75 Å². The highest BCUT2D eigenvalue weighted by molar-refractivity contribution is 5.78. The van der Waals surface area contributed by atoms with Crippen LogP contribution in [0.4, 0.5) is 0 Å². The Bertz CT molecular complexity index is 455. The Morgan fingerprint density at radius 1 is 1.47 bits per heavy atom. The van der Waals surface area contributed by atoms with Gasteiger partial charge in [-0.2, -0.15) is 0 Å². The molecule has 1 atom stereocenters. The van der Waals surface area contributed by atoms with Gasteiger partial charge in [-0.3, -0.25) is 4.79 Å². The summed E-state index contributed by atoms with van der Waals surface area (Å²) in [6.45, 7) is 1.96. The molecule has 0 spiro atoms. The molecule has 0 bridgehead atoms. The number of amides is 1. The highest BCUT2D eigenvalue weighted by Gasteiger charge is 2.34. The number of rotatable bonds is 5. The van der Waals surface area contributed by atoms with E-state index in [1.54, 1.807) is 7.11 Å². The van der Waals surface area contributed by atoms with Gasteiger partial charge in [-0.25, -0.2) is 0 Å². The second-order valence-corrected chi connectivity index (χ2v) is 5.42. The van der Waals surface area contributed by atoms with Crippen molar-refractivity contribution in [2.75, 3.05) is 7.11 Å². The van der Waals surface area contributed by atoms with Crippen LogP contribution in [0.3, 0.4) is 0 Å². The maximum Gasteiger partial charge on any atom is 0.222 e. The van der Waals surface area contributed by atoms with E-state index in [4.69, 9.17) is 10.5 Å². The van der Waals surface area contributed by atoms with Crippen LogP contribution in [0, 0.1) is 0 Å². The predicted octanol–water partition coefficient (Wildman–Crippen LogP) is 2.14. The fraction of sp³-hybridized carbons (Fsp3) is 0.533. The average molecular weight is 262 g/mol. The van der Waals surface area contributed by atoms with Crippen molar-refractivity contribution in [2.24, 2.45) is 5.73 Å². The minimum absolute atomic E-state index is 0.0145. The minimum atomic E-state index is -0.273. The lowest BCUT2D eigenvalue weighted by Crippen LogP contribution is -2.50. The van der Waals surface area contributed by atoms with Gasteiger partial charge in [0.2, 0.25) is 5.91 Å². The number of ether oxygens (including phenoxy) is 1. The third-order valence-corrected chi connectivity index (χ3v) is 3.84. The molecule has 0 aliphatic heterocycles. The van der Waals surface area contributed by atoms with E-state index in [1.165, 1.54) is 0 Å². The Labute approximate surface area is 114 Å². The molecule has 1 amide bonds. The summed E-state index contributed by atoms with van der Waals surface area (Å²) >= 11 is 0. The van der Waals surface area contributed by atoms with E-state index in [2.05, 4.69) is 5.32 Å². The number of hydrogen-bond donors (Lipinski definition) is 2. The molecular weight excluding hydrogens is 240 g/mol. The van der Waals surface area contributed by atoms with Gasteiger partial charge in [0.15, 0.2) is 0 Å². The second kappa shape index (κ2) is 5.61. The molecule has 1 aliphatic rings. The van der Waals surface area contributed by atoms with Crippen LogP contribution in [0.5, 0.6) is 5.75 Å². The van der Waals surface area contributed by atoms with Crippen LogP contribution in [-0.2, 0) is 4.79 Å². The fourth-order valence-electron chi connectivity index (χ4n) is 2.52. The number of methoxy groups -OCH3 is 1. The first-order valence-electron chi connectivity index (χ1n) is 6.75. The number of carbonyl (C=O) groups excluding carboxylic acids is 1. The van der Waals surface area contributed by atoms with Gasteiger partial charge in [-0.15, -0.1) is 0 Å². The van der Waals surface area contributed by atoms with Crippen molar-refractivity contribution in [3.05, 3.63) is 29.8 Å². The summed E-state index contributed by atoms with van der Waals surface area (Å²) in [5.41, 5.74) is 6.80. The van der Waals surface area contributed by atoms with Gasteiger partial charge >= 0.3 is 0 Å². The van der Waals surface area contributed by atoms with Crippen LogP contribution in [-0.4, -0.2) is 18.6 Å². The molecule has 4 nitrogen and oxygen atoms in total. The van der Waals surface area contributed by atoms with Gasteiger partial charge in [0.05, 0.1) is 13.2 Å². The van der Waals surface area contributed by atoms with Crippen LogP contribution in [0.15, 0.2) is 24.3 Å². The van der Waals surface area contributed by atoms with Crippen LogP contribution in [0.1, 0.15) is 44.2 Å². The fourth-order valence-corrected chi connectivity index (χ4v) is 2.52. The van der Waals surface area contributed by atoms with E-state index in [1.807, 2.05) is 31.2 Å². The van der Waals surface area contributed by atoms with E-state index in [0.717, 1.165) is 30.6 Å². The molecule has 0 heterocycles. The molecule has 19 heavy (non-hydrogen) atoms. The van der Waals surface area contributed by atoms with Crippen molar-refractivity contribution < 1.29 is 9.53 Å². The number of hydrogen-bond acceptors (Lipinski definition) is 3. The van der Waals surface area contributed by atoms with E-state index in [9.17, 15) is 4.79 Å². The second-order valence-electron chi connectivity index (χ2n) is 5.42. The molecule has 0 aromatic heterocycles. The maximum atomic E-state index is 12.0. The maximum absolute atomic E-state index is 12.0. The molecular formula is C15H22N2O2.